The lowest BCUT2D eigenvalue weighted by Crippen LogP contribution is -2.42. The van der Waals surface area contributed by atoms with E-state index < -0.39 is 11.8 Å². The number of aryl methyl sites for hydroxylation is 2. The number of hydrogen-bond acceptors (Lipinski definition) is 4. The summed E-state index contributed by atoms with van der Waals surface area (Å²) >= 11 is 0. The number of fused-ring (bicyclic) bond motifs is 1. The Morgan fingerprint density at radius 2 is 1.59 bits per heavy atom. The second kappa shape index (κ2) is 9.14. The van der Waals surface area contributed by atoms with Gasteiger partial charge in [-0.25, -0.2) is 4.68 Å². The fourth-order valence-electron chi connectivity index (χ4n) is 3.02. The summed E-state index contributed by atoms with van der Waals surface area (Å²) in [5, 5.41) is 5.15. The number of carbonyl (C=O) groups excluding carboxylic acids is 2. The lowest BCUT2D eigenvalue weighted by molar-refractivity contribution is 0.0843. The predicted octanol–water partition coefficient (Wildman–Crippen LogP) is 2.97. The van der Waals surface area contributed by atoms with Crippen LogP contribution in [-0.2, 0) is 6.54 Å². The summed E-state index contributed by atoms with van der Waals surface area (Å²) in [4.78, 5) is 37.7. The highest BCUT2D eigenvalue weighted by Gasteiger charge is 2.17. The van der Waals surface area contributed by atoms with E-state index in [9.17, 15) is 14.4 Å². The minimum Gasteiger partial charge on any atom is -0.267 e. The maximum absolute atomic E-state index is 12.7. The number of rotatable bonds is 6. The van der Waals surface area contributed by atoms with Gasteiger partial charge in [0.1, 0.15) is 0 Å². The molecule has 0 fully saturated rings. The zero-order chi connectivity index (χ0) is 20.8. The van der Waals surface area contributed by atoms with Gasteiger partial charge in [0.15, 0.2) is 5.69 Å². The molecule has 7 heteroatoms. The summed E-state index contributed by atoms with van der Waals surface area (Å²) in [6, 6.07) is 13.8. The average Bonchev–Trinajstić information content (AvgIpc) is 2.74. The SMILES string of the molecule is CCCCCn1nc(C(=O)NNC(=O)c2ccc(C)cc2)c2ccccc2c1=O. The van der Waals surface area contributed by atoms with E-state index in [0.29, 0.717) is 22.9 Å². The van der Waals surface area contributed by atoms with Gasteiger partial charge < -0.3 is 0 Å². The number of unbranched alkanes of at least 4 members (excludes halogenated alkanes) is 2. The van der Waals surface area contributed by atoms with Gasteiger partial charge in [-0.2, -0.15) is 5.10 Å². The summed E-state index contributed by atoms with van der Waals surface area (Å²) in [6.07, 6.45) is 2.78. The molecule has 2 N–H and O–H groups in total. The molecule has 7 nitrogen and oxygen atoms in total. The molecule has 0 spiro atoms. The van der Waals surface area contributed by atoms with Crippen LogP contribution < -0.4 is 16.4 Å². The van der Waals surface area contributed by atoms with E-state index in [1.165, 1.54) is 4.68 Å². The molecular formula is C22H24N4O3. The van der Waals surface area contributed by atoms with Crippen molar-refractivity contribution in [3.8, 4) is 0 Å². The van der Waals surface area contributed by atoms with E-state index in [4.69, 9.17) is 0 Å². The van der Waals surface area contributed by atoms with Crippen molar-refractivity contribution < 1.29 is 9.59 Å². The Kier molecular flexibility index (Phi) is 6.39. The van der Waals surface area contributed by atoms with Gasteiger partial charge in [0, 0.05) is 17.5 Å². The van der Waals surface area contributed by atoms with E-state index in [0.717, 1.165) is 24.8 Å². The van der Waals surface area contributed by atoms with Crippen molar-refractivity contribution in [1.82, 2.24) is 20.6 Å². The number of hydrogen-bond donors (Lipinski definition) is 2. The van der Waals surface area contributed by atoms with Gasteiger partial charge in [0.2, 0.25) is 0 Å². The lowest BCUT2D eigenvalue weighted by Gasteiger charge is -2.12. The first-order chi connectivity index (χ1) is 14.0. The molecule has 1 aromatic heterocycles. The summed E-state index contributed by atoms with van der Waals surface area (Å²) in [7, 11) is 0. The number of carbonyl (C=O) groups is 2. The van der Waals surface area contributed by atoms with E-state index in [1.54, 1.807) is 36.4 Å². The maximum atomic E-state index is 12.7. The van der Waals surface area contributed by atoms with Crippen LogP contribution in [0.15, 0.2) is 53.3 Å². The molecule has 29 heavy (non-hydrogen) atoms. The monoisotopic (exact) mass is 392 g/mol. The zero-order valence-corrected chi connectivity index (χ0v) is 16.6. The third-order valence-electron chi connectivity index (χ3n) is 4.66. The van der Waals surface area contributed by atoms with Gasteiger partial charge >= 0.3 is 0 Å². The van der Waals surface area contributed by atoms with Crippen molar-refractivity contribution in [1.29, 1.82) is 0 Å². The lowest BCUT2D eigenvalue weighted by atomic mass is 10.1. The molecule has 150 valence electrons. The van der Waals surface area contributed by atoms with Crippen molar-refractivity contribution in [2.24, 2.45) is 0 Å². The molecule has 0 aliphatic rings. The molecule has 3 rings (SSSR count). The second-order valence-corrected chi connectivity index (χ2v) is 6.90. The molecule has 0 aliphatic carbocycles. The number of hydrazine groups is 1. The second-order valence-electron chi connectivity index (χ2n) is 6.90. The maximum Gasteiger partial charge on any atom is 0.290 e. The highest BCUT2D eigenvalue weighted by Crippen LogP contribution is 2.13. The Bertz CT molecular complexity index is 1090. The first-order valence-corrected chi connectivity index (χ1v) is 9.68. The van der Waals surface area contributed by atoms with Gasteiger partial charge in [-0.05, 0) is 31.5 Å². The minimum atomic E-state index is -0.578. The van der Waals surface area contributed by atoms with Gasteiger partial charge in [-0.1, -0.05) is 55.7 Å². The summed E-state index contributed by atoms with van der Waals surface area (Å²) in [5.74, 6) is -1.01. The number of nitrogens with zero attached hydrogens (tertiary/aromatic N) is 2. The van der Waals surface area contributed by atoms with Crippen LogP contribution in [0, 0.1) is 6.92 Å². The fourth-order valence-corrected chi connectivity index (χ4v) is 3.02. The molecule has 0 bridgehead atoms. The van der Waals surface area contributed by atoms with Gasteiger partial charge in [0.05, 0.1) is 5.39 Å². The molecule has 0 aliphatic heterocycles. The van der Waals surface area contributed by atoms with E-state index in [-0.39, 0.29) is 11.3 Å². The Balaban J connectivity index is 1.84. The molecule has 0 atom stereocenters. The largest absolute Gasteiger partial charge is 0.290 e. The zero-order valence-electron chi connectivity index (χ0n) is 16.6. The molecule has 2 amide bonds. The minimum absolute atomic E-state index is 0.0981. The van der Waals surface area contributed by atoms with Crippen molar-refractivity contribution >= 4 is 22.6 Å². The topological polar surface area (TPSA) is 93.1 Å². The van der Waals surface area contributed by atoms with Gasteiger partial charge in [0.25, 0.3) is 17.4 Å². The molecule has 2 aromatic carbocycles. The number of benzene rings is 2. The number of nitrogens with one attached hydrogen (secondary N) is 2. The van der Waals surface area contributed by atoms with E-state index in [1.807, 2.05) is 19.1 Å². The van der Waals surface area contributed by atoms with Crippen LogP contribution in [0.25, 0.3) is 10.8 Å². The van der Waals surface area contributed by atoms with Crippen molar-refractivity contribution in [3.05, 3.63) is 75.7 Å². The Labute approximate surface area is 168 Å². The number of aromatic nitrogens is 2. The van der Waals surface area contributed by atoms with Gasteiger partial charge in [-0.15, -0.1) is 0 Å². The van der Waals surface area contributed by atoms with Crippen LogP contribution in [0.4, 0.5) is 0 Å². The van der Waals surface area contributed by atoms with Crippen LogP contribution in [0.3, 0.4) is 0 Å². The van der Waals surface area contributed by atoms with E-state index >= 15 is 0 Å². The van der Waals surface area contributed by atoms with Crippen LogP contribution in [0.1, 0.15) is 52.6 Å². The fraction of sp³-hybridized carbons (Fsp3) is 0.273. The van der Waals surface area contributed by atoms with Gasteiger partial charge in [-0.3, -0.25) is 25.2 Å². The molecule has 3 aromatic rings. The Hall–Kier alpha value is -3.48. The molecule has 0 saturated carbocycles. The predicted molar refractivity (Wildman–Crippen MR) is 112 cm³/mol. The molecular weight excluding hydrogens is 368 g/mol. The van der Waals surface area contributed by atoms with E-state index in [2.05, 4.69) is 22.9 Å². The normalized spacial score (nSPS) is 10.7. The average molecular weight is 392 g/mol. The highest BCUT2D eigenvalue weighted by molar-refractivity contribution is 6.06. The quantitative estimate of drug-likeness (QED) is 0.498. The van der Waals surface area contributed by atoms with Crippen LogP contribution >= 0.6 is 0 Å². The molecule has 0 saturated heterocycles. The third kappa shape index (κ3) is 4.68. The summed E-state index contributed by atoms with van der Waals surface area (Å²) in [5.41, 5.74) is 6.14. The smallest absolute Gasteiger partial charge is 0.267 e. The Morgan fingerprint density at radius 1 is 0.931 bits per heavy atom. The van der Waals surface area contributed by atoms with Crippen molar-refractivity contribution in [3.63, 3.8) is 0 Å². The Morgan fingerprint density at radius 3 is 2.28 bits per heavy atom. The summed E-state index contributed by atoms with van der Waals surface area (Å²) in [6.45, 7) is 4.44. The van der Waals surface area contributed by atoms with Crippen LogP contribution in [0.2, 0.25) is 0 Å². The third-order valence-corrected chi connectivity index (χ3v) is 4.66. The first-order valence-electron chi connectivity index (χ1n) is 9.68. The first kappa shape index (κ1) is 20.3. The number of amides is 2. The summed E-state index contributed by atoms with van der Waals surface area (Å²) < 4.78 is 1.33. The van der Waals surface area contributed by atoms with Crippen molar-refractivity contribution in [2.75, 3.05) is 0 Å². The standard InChI is InChI=1S/C22H24N4O3/c1-3-4-7-14-26-22(29)18-9-6-5-8-17(18)19(25-26)21(28)24-23-20(27)16-12-10-15(2)11-13-16/h5-6,8-13H,3-4,7,14H2,1-2H3,(H,23,27)(H,24,28). The molecule has 1 heterocycles. The van der Waals surface area contributed by atoms with Crippen LogP contribution in [-0.4, -0.2) is 21.6 Å². The van der Waals surface area contributed by atoms with Crippen LogP contribution in [0.5, 0.6) is 0 Å². The molecule has 0 unspecified atom stereocenters. The molecule has 0 radical (unpaired) electrons. The highest BCUT2D eigenvalue weighted by atomic mass is 16.2. The van der Waals surface area contributed by atoms with Crippen molar-refractivity contribution in [2.45, 2.75) is 39.7 Å².